The molecule has 108 valence electrons. The zero-order valence-corrected chi connectivity index (χ0v) is 14.4. The molecule has 0 aliphatic carbocycles. The molecule has 2 nitrogen and oxygen atoms in total. The molecule has 0 bridgehead atoms. The van der Waals surface area contributed by atoms with Crippen molar-refractivity contribution in [1.82, 2.24) is 9.55 Å². The number of aromatic nitrogens is 2. The maximum Gasteiger partial charge on any atom is 0.115 e. The summed E-state index contributed by atoms with van der Waals surface area (Å²) in [4.78, 5) is 4.74. The number of hydrogen-bond donors (Lipinski definition) is 0. The molecule has 0 saturated carbocycles. The highest BCUT2D eigenvalue weighted by Crippen LogP contribution is 2.26. The highest BCUT2D eigenvalue weighted by atomic mass is 79.9. The molecule has 0 atom stereocenters. The van der Waals surface area contributed by atoms with E-state index in [1.807, 2.05) is 0 Å². The highest BCUT2D eigenvalue weighted by Gasteiger charge is 2.12. The molecule has 0 N–H and O–H groups in total. The summed E-state index contributed by atoms with van der Waals surface area (Å²) in [6, 6.07) is 12.7. The first-order valence-electron chi connectivity index (χ1n) is 6.90. The van der Waals surface area contributed by atoms with Gasteiger partial charge in [0.1, 0.15) is 5.82 Å². The molecule has 1 heterocycles. The minimum absolute atomic E-state index is 0.567. The summed E-state index contributed by atoms with van der Waals surface area (Å²) in [6.45, 7) is 4.20. The van der Waals surface area contributed by atoms with Gasteiger partial charge in [0.15, 0.2) is 0 Å². The molecule has 3 aromatic rings. The van der Waals surface area contributed by atoms with Crippen LogP contribution >= 0.6 is 27.5 Å². The summed E-state index contributed by atoms with van der Waals surface area (Å²) < 4.78 is 3.33. The van der Waals surface area contributed by atoms with Crippen molar-refractivity contribution >= 4 is 38.6 Å². The van der Waals surface area contributed by atoms with E-state index in [-0.39, 0.29) is 0 Å². The fourth-order valence-corrected chi connectivity index (χ4v) is 2.96. The fraction of sp³-hybridized carbons (Fsp3) is 0.235. The minimum Gasteiger partial charge on any atom is -0.296 e. The maximum absolute atomic E-state index is 5.95. The zero-order chi connectivity index (χ0) is 15.0. The Morgan fingerprint density at radius 2 is 1.95 bits per heavy atom. The number of benzene rings is 2. The summed E-state index contributed by atoms with van der Waals surface area (Å²) in [6.07, 6.45) is 0.754. The summed E-state index contributed by atoms with van der Waals surface area (Å²) in [5.41, 5.74) is 5.72. The molecule has 0 saturated heterocycles. The van der Waals surface area contributed by atoms with Crippen molar-refractivity contribution in [3.05, 3.63) is 57.8 Å². The quantitative estimate of drug-likeness (QED) is 0.586. The molecule has 0 radical (unpaired) electrons. The summed E-state index contributed by atoms with van der Waals surface area (Å²) in [7, 11) is 0. The van der Waals surface area contributed by atoms with Crippen LogP contribution in [0.1, 0.15) is 17.0 Å². The monoisotopic (exact) mass is 362 g/mol. The van der Waals surface area contributed by atoms with Crippen molar-refractivity contribution in [2.75, 3.05) is 5.88 Å². The number of rotatable bonds is 3. The predicted molar refractivity (Wildman–Crippen MR) is 92.7 cm³/mol. The van der Waals surface area contributed by atoms with Crippen LogP contribution in [0.15, 0.2) is 40.9 Å². The van der Waals surface area contributed by atoms with Gasteiger partial charge in [0.25, 0.3) is 0 Å². The van der Waals surface area contributed by atoms with Crippen molar-refractivity contribution < 1.29 is 0 Å². The normalized spacial score (nSPS) is 11.2. The van der Waals surface area contributed by atoms with E-state index in [2.05, 4.69) is 70.7 Å². The van der Waals surface area contributed by atoms with Crippen LogP contribution < -0.4 is 0 Å². The molecular formula is C17H16BrClN2. The van der Waals surface area contributed by atoms with E-state index in [4.69, 9.17) is 16.6 Å². The van der Waals surface area contributed by atoms with Crippen LogP contribution in [0.5, 0.6) is 0 Å². The molecule has 0 fully saturated rings. The molecule has 0 aliphatic heterocycles. The number of hydrogen-bond acceptors (Lipinski definition) is 1. The third kappa shape index (κ3) is 2.72. The number of halogens is 2. The molecule has 0 aliphatic rings. The second kappa shape index (κ2) is 5.82. The average Bonchev–Trinajstić information content (AvgIpc) is 2.80. The Morgan fingerprint density at radius 3 is 2.67 bits per heavy atom. The van der Waals surface area contributed by atoms with E-state index in [1.165, 1.54) is 11.1 Å². The van der Waals surface area contributed by atoms with Crippen LogP contribution in [0, 0.1) is 13.8 Å². The van der Waals surface area contributed by atoms with Gasteiger partial charge >= 0.3 is 0 Å². The lowest BCUT2D eigenvalue weighted by atomic mass is 10.2. The Hall–Kier alpha value is -1.32. The topological polar surface area (TPSA) is 17.8 Å². The summed E-state index contributed by atoms with van der Waals surface area (Å²) >= 11 is 9.51. The lowest BCUT2D eigenvalue weighted by molar-refractivity contribution is 0.911. The third-order valence-electron chi connectivity index (χ3n) is 3.60. The first-order chi connectivity index (χ1) is 10.1. The number of nitrogens with zero attached hydrogens (tertiary/aromatic N) is 2. The average molecular weight is 364 g/mol. The molecule has 4 heteroatoms. The predicted octanol–water partition coefficient (Wildman–Crippen LogP) is 5.19. The largest absolute Gasteiger partial charge is 0.296 e. The van der Waals surface area contributed by atoms with Gasteiger partial charge in [-0.3, -0.25) is 4.57 Å². The van der Waals surface area contributed by atoms with Gasteiger partial charge in [0, 0.05) is 22.5 Å². The SMILES string of the molecule is Cc1ccc2nc(CCCl)n(-c3ccc(Br)c(C)c3)c2c1. The first kappa shape index (κ1) is 14.6. The van der Waals surface area contributed by atoms with Crippen LogP contribution in [0.25, 0.3) is 16.7 Å². The number of aryl methyl sites for hydroxylation is 3. The third-order valence-corrected chi connectivity index (χ3v) is 4.68. The minimum atomic E-state index is 0.567. The van der Waals surface area contributed by atoms with Gasteiger partial charge in [-0.15, -0.1) is 11.6 Å². The maximum atomic E-state index is 5.95. The second-order valence-electron chi connectivity index (χ2n) is 5.23. The van der Waals surface area contributed by atoms with E-state index in [1.54, 1.807) is 0 Å². The molecule has 0 unspecified atom stereocenters. The van der Waals surface area contributed by atoms with Gasteiger partial charge < -0.3 is 0 Å². The lowest BCUT2D eigenvalue weighted by Crippen LogP contribution is -2.02. The van der Waals surface area contributed by atoms with E-state index < -0.39 is 0 Å². The Bertz CT molecular complexity index is 808. The Morgan fingerprint density at radius 1 is 1.14 bits per heavy atom. The number of fused-ring (bicyclic) bond motifs is 1. The van der Waals surface area contributed by atoms with Crippen LogP contribution in [0.3, 0.4) is 0 Å². The van der Waals surface area contributed by atoms with Crippen molar-refractivity contribution in [2.45, 2.75) is 20.3 Å². The van der Waals surface area contributed by atoms with Crippen LogP contribution in [-0.4, -0.2) is 15.4 Å². The van der Waals surface area contributed by atoms with Gasteiger partial charge in [0.05, 0.1) is 11.0 Å². The Balaban J connectivity index is 2.29. The van der Waals surface area contributed by atoms with Crippen LogP contribution in [-0.2, 0) is 6.42 Å². The second-order valence-corrected chi connectivity index (χ2v) is 6.46. The van der Waals surface area contributed by atoms with Crippen molar-refractivity contribution in [1.29, 1.82) is 0 Å². The molecule has 1 aromatic heterocycles. The molecule has 21 heavy (non-hydrogen) atoms. The Kier molecular flexibility index (Phi) is 4.05. The molecule has 2 aromatic carbocycles. The smallest absolute Gasteiger partial charge is 0.115 e. The van der Waals surface area contributed by atoms with Crippen molar-refractivity contribution in [3.8, 4) is 5.69 Å². The van der Waals surface area contributed by atoms with Gasteiger partial charge in [-0.05, 0) is 55.3 Å². The van der Waals surface area contributed by atoms with E-state index >= 15 is 0 Å². The summed E-state index contributed by atoms with van der Waals surface area (Å²) in [5, 5.41) is 0. The molecule has 3 rings (SSSR count). The van der Waals surface area contributed by atoms with E-state index in [9.17, 15) is 0 Å². The fourth-order valence-electron chi connectivity index (χ4n) is 2.54. The van der Waals surface area contributed by atoms with Crippen LogP contribution in [0.4, 0.5) is 0 Å². The molecule has 0 amide bonds. The zero-order valence-electron chi connectivity index (χ0n) is 12.0. The number of alkyl halides is 1. The number of imidazole rings is 1. The van der Waals surface area contributed by atoms with Crippen molar-refractivity contribution in [3.63, 3.8) is 0 Å². The van der Waals surface area contributed by atoms with Gasteiger partial charge in [0.2, 0.25) is 0 Å². The highest BCUT2D eigenvalue weighted by molar-refractivity contribution is 9.10. The Labute approximate surface area is 137 Å². The standard InChI is InChI=1S/C17H16BrClN2/c1-11-3-6-15-16(9-11)21(17(20-15)7-8-19)13-4-5-14(18)12(2)10-13/h3-6,9-10H,7-8H2,1-2H3. The molecular weight excluding hydrogens is 348 g/mol. The lowest BCUT2D eigenvalue weighted by Gasteiger charge is -2.10. The first-order valence-corrected chi connectivity index (χ1v) is 8.23. The van der Waals surface area contributed by atoms with Gasteiger partial charge in [-0.2, -0.15) is 0 Å². The van der Waals surface area contributed by atoms with E-state index in [0.717, 1.165) is 33.4 Å². The van der Waals surface area contributed by atoms with Gasteiger partial charge in [-0.1, -0.05) is 22.0 Å². The summed E-state index contributed by atoms with van der Waals surface area (Å²) in [5.74, 6) is 1.57. The van der Waals surface area contributed by atoms with Gasteiger partial charge in [-0.25, -0.2) is 4.98 Å². The van der Waals surface area contributed by atoms with E-state index in [0.29, 0.717) is 5.88 Å². The van der Waals surface area contributed by atoms with Crippen molar-refractivity contribution in [2.24, 2.45) is 0 Å². The van der Waals surface area contributed by atoms with Crippen LogP contribution in [0.2, 0.25) is 0 Å². The molecule has 0 spiro atoms.